The van der Waals surface area contributed by atoms with Gasteiger partial charge in [0, 0.05) is 19.3 Å². The summed E-state index contributed by atoms with van der Waals surface area (Å²) in [5, 5.41) is 0. The predicted molar refractivity (Wildman–Crippen MR) is 183 cm³/mol. The zero-order chi connectivity index (χ0) is 34.4. The van der Waals surface area contributed by atoms with Crippen molar-refractivity contribution < 1.29 is 46.8 Å². The molecule has 0 bridgehead atoms. The molecular formula is C35H67NO9P+. The van der Waals surface area contributed by atoms with E-state index in [-0.39, 0.29) is 26.1 Å². The zero-order valence-electron chi connectivity index (χ0n) is 29.6. The van der Waals surface area contributed by atoms with Gasteiger partial charge in [-0.2, -0.15) is 0 Å². The lowest BCUT2D eigenvalue weighted by Gasteiger charge is -2.24. The van der Waals surface area contributed by atoms with Gasteiger partial charge >= 0.3 is 19.8 Å². The van der Waals surface area contributed by atoms with Gasteiger partial charge in [-0.15, -0.1) is 0 Å². The molecule has 0 saturated heterocycles. The lowest BCUT2D eigenvalue weighted by Crippen LogP contribution is -2.37. The van der Waals surface area contributed by atoms with Crippen molar-refractivity contribution in [2.45, 2.75) is 148 Å². The van der Waals surface area contributed by atoms with Gasteiger partial charge in [0.2, 0.25) is 0 Å². The van der Waals surface area contributed by atoms with Crippen LogP contribution in [0, 0.1) is 0 Å². The van der Waals surface area contributed by atoms with Gasteiger partial charge in [-0.05, 0) is 44.9 Å². The van der Waals surface area contributed by atoms with Crippen LogP contribution in [0.4, 0.5) is 0 Å². The van der Waals surface area contributed by atoms with Crippen molar-refractivity contribution in [2.24, 2.45) is 0 Å². The summed E-state index contributed by atoms with van der Waals surface area (Å²) in [6.45, 7) is 2.05. The number of aldehydes is 1. The van der Waals surface area contributed by atoms with Crippen LogP contribution < -0.4 is 0 Å². The molecule has 0 aliphatic rings. The Bertz CT molecular complexity index is 844. The maximum Gasteiger partial charge on any atom is 0.472 e. The number of unbranched alkanes of at least 4 members (excludes halogenated alkanes) is 16. The number of likely N-dealkylation sites (N-methyl/N-ethyl adjacent to an activating group) is 1. The fourth-order valence-electron chi connectivity index (χ4n) is 4.63. The Balaban J connectivity index is 4.37. The van der Waals surface area contributed by atoms with Crippen molar-refractivity contribution in [3.8, 4) is 0 Å². The number of allylic oxidation sites excluding steroid dienone is 2. The summed E-state index contributed by atoms with van der Waals surface area (Å²) >= 11 is 0. The average Bonchev–Trinajstić information content (AvgIpc) is 2.99. The number of rotatable bonds is 33. The van der Waals surface area contributed by atoms with Crippen LogP contribution in [0.5, 0.6) is 0 Å². The van der Waals surface area contributed by atoms with E-state index in [0.717, 1.165) is 64.1 Å². The van der Waals surface area contributed by atoms with Crippen LogP contribution in [0.1, 0.15) is 142 Å². The van der Waals surface area contributed by atoms with Gasteiger partial charge in [0.05, 0.1) is 27.7 Å². The first-order valence-electron chi connectivity index (χ1n) is 17.8. The normalized spacial score (nSPS) is 13.8. The SMILES string of the molecule is CCCCCCCC/C=C\CCCCCCCC(=O)OC[C@H](COP(=O)(O)OCC[N+](C)(C)C)OC(=O)CCCCCCCC=O. The number of phosphoric ester groups is 1. The number of nitrogens with zero attached hydrogens (tertiary/aromatic N) is 1. The Hall–Kier alpha value is -1.58. The second-order valence-electron chi connectivity index (χ2n) is 13.2. The molecule has 0 amide bonds. The summed E-state index contributed by atoms with van der Waals surface area (Å²) in [5.74, 6) is -0.895. The molecule has 0 heterocycles. The number of carbonyl (C=O) groups excluding carboxylic acids is 3. The molecule has 270 valence electrons. The van der Waals surface area contributed by atoms with Crippen molar-refractivity contribution >= 4 is 26.0 Å². The third kappa shape index (κ3) is 32.4. The number of hydrogen-bond acceptors (Lipinski definition) is 8. The summed E-state index contributed by atoms with van der Waals surface area (Å²) in [6, 6.07) is 0. The second kappa shape index (κ2) is 29.6. The van der Waals surface area contributed by atoms with Gasteiger partial charge in [-0.25, -0.2) is 4.57 Å². The molecule has 46 heavy (non-hydrogen) atoms. The third-order valence-electron chi connectivity index (χ3n) is 7.51. The summed E-state index contributed by atoms with van der Waals surface area (Å²) in [4.78, 5) is 45.3. The maximum atomic E-state index is 12.4. The van der Waals surface area contributed by atoms with E-state index in [1.54, 1.807) is 0 Å². The van der Waals surface area contributed by atoms with Crippen LogP contribution in [-0.4, -0.2) is 81.2 Å². The Morgan fingerprint density at radius 1 is 0.696 bits per heavy atom. The van der Waals surface area contributed by atoms with E-state index in [9.17, 15) is 23.8 Å². The van der Waals surface area contributed by atoms with Crippen LogP contribution in [0.25, 0.3) is 0 Å². The molecule has 0 spiro atoms. The lowest BCUT2D eigenvalue weighted by molar-refractivity contribution is -0.870. The molecule has 0 aliphatic carbocycles. The van der Waals surface area contributed by atoms with Crippen molar-refractivity contribution in [2.75, 3.05) is 47.5 Å². The molecule has 0 fully saturated rings. The van der Waals surface area contributed by atoms with Crippen LogP contribution in [0.3, 0.4) is 0 Å². The smallest absolute Gasteiger partial charge is 0.462 e. The van der Waals surface area contributed by atoms with E-state index in [1.165, 1.54) is 44.9 Å². The minimum absolute atomic E-state index is 0.0134. The maximum absolute atomic E-state index is 12.4. The molecular weight excluding hydrogens is 609 g/mol. The molecule has 1 N–H and O–H groups in total. The standard InChI is InChI=1S/C35H66NO9P/c1-5-6-7-8-9-10-11-12-13-14-15-16-17-20-23-26-34(38)42-31-33(32-44-46(40,41)43-30-28-36(2,3)4)45-35(39)27-24-21-18-19-22-25-29-37/h12-13,29,33H,5-11,14-28,30-32H2,1-4H3/p+1/b13-12-/t33-/m1/s1. The van der Waals surface area contributed by atoms with Gasteiger partial charge in [0.25, 0.3) is 0 Å². The van der Waals surface area contributed by atoms with Crippen LogP contribution in [0.15, 0.2) is 12.2 Å². The highest BCUT2D eigenvalue weighted by molar-refractivity contribution is 7.47. The Morgan fingerprint density at radius 3 is 1.74 bits per heavy atom. The minimum atomic E-state index is -4.38. The Morgan fingerprint density at radius 2 is 1.20 bits per heavy atom. The van der Waals surface area contributed by atoms with Crippen LogP contribution in [0.2, 0.25) is 0 Å². The van der Waals surface area contributed by atoms with E-state index < -0.39 is 32.5 Å². The number of esters is 2. The molecule has 0 saturated carbocycles. The minimum Gasteiger partial charge on any atom is -0.462 e. The van der Waals surface area contributed by atoms with Crippen LogP contribution >= 0.6 is 7.82 Å². The summed E-state index contributed by atoms with van der Waals surface area (Å²) in [5.41, 5.74) is 0. The number of quaternary nitrogens is 1. The monoisotopic (exact) mass is 676 g/mol. The quantitative estimate of drug-likeness (QED) is 0.0183. The molecule has 0 rings (SSSR count). The Labute approximate surface area is 280 Å². The largest absolute Gasteiger partial charge is 0.472 e. The van der Waals surface area contributed by atoms with Crippen LogP contribution in [-0.2, 0) is 37.5 Å². The Kier molecular flexibility index (Phi) is 28.5. The van der Waals surface area contributed by atoms with E-state index in [0.29, 0.717) is 30.3 Å². The number of hydrogen-bond donors (Lipinski definition) is 1. The number of phosphoric acid groups is 1. The first-order chi connectivity index (χ1) is 22.0. The highest BCUT2D eigenvalue weighted by Crippen LogP contribution is 2.43. The van der Waals surface area contributed by atoms with E-state index >= 15 is 0 Å². The fourth-order valence-corrected chi connectivity index (χ4v) is 5.37. The first-order valence-corrected chi connectivity index (χ1v) is 19.3. The predicted octanol–water partition coefficient (Wildman–Crippen LogP) is 8.25. The van der Waals surface area contributed by atoms with E-state index in [2.05, 4.69) is 19.1 Å². The van der Waals surface area contributed by atoms with Crippen molar-refractivity contribution in [3.05, 3.63) is 12.2 Å². The van der Waals surface area contributed by atoms with Crippen molar-refractivity contribution in [3.63, 3.8) is 0 Å². The van der Waals surface area contributed by atoms with Gasteiger partial charge in [-0.1, -0.05) is 89.7 Å². The second-order valence-corrected chi connectivity index (χ2v) is 14.7. The zero-order valence-corrected chi connectivity index (χ0v) is 30.5. The fraction of sp³-hybridized carbons (Fsp3) is 0.857. The lowest BCUT2D eigenvalue weighted by atomic mass is 10.1. The highest BCUT2D eigenvalue weighted by Gasteiger charge is 2.27. The molecule has 1 unspecified atom stereocenters. The van der Waals surface area contributed by atoms with E-state index in [1.807, 2.05) is 21.1 Å². The number of carbonyl (C=O) groups is 3. The van der Waals surface area contributed by atoms with Crippen molar-refractivity contribution in [1.82, 2.24) is 0 Å². The van der Waals surface area contributed by atoms with Gasteiger partial charge in [0.15, 0.2) is 6.10 Å². The molecule has 0 radical (unpaired) electrons. The highest BCUT2D eigenvalue weighted by atomic mass is 31.2. The topological polar surface area (TPSA) is 125 Å². The number of ether oxygens (including phenoxy) is 2. The molecule has 10 nitrogen and oxygen atoms in total. The molecule has 11 heteroatoms. The average molecular weight is 677 g/mol. The van der Waals surface area contributed by atoms with Gasteiger partial charge in [-0.3, -0.25) is 18.6 Å². The summed E-state index contributed by atoms with van der Waals surface area (Å²) in [7, 11) is 1.41. The van der Waals surface area contributed by atoms with Gasteiger partial charge in [0.1, 0.15) is 26.0 Å². The molecule has 0 aliphatic heterocycles. The molecule has 0 aromatic heterocycles. The first kappa shape index (κ1) is 44.4. The van der Waals surface area contributed by atoms with E-state index in [4.69, 9.17) is 18.5 Å². The summed E-state index contributed by atoms with van der Waals surface area (Å²) < 4.78 is 33.8. The summed E-state index contributed by atoms with van der Waals surface area (Å²) in [6.07, 6.45) is 24.8. The van der Waals surface area contributed by atoms with Gasteiger partial charge < -0.3 is 23.6 Å². The molecule has 0 aromatic carbocycles. The molecule has 2 atom stereocenters. The van der Waals surface area contributed by atoms with Crippen molar-refractivity contribution in [1.29, 1.82) is 0 Å². The third-order valence-corrected chi connectivity index (χ3v) is 8.50. The molecule has 0 aromatic rings.